The molecule has 1 aromatic carbocycles. The molecule has 1 heterocycles. The smallest absolute Gasteiger partial charge is 0.338 e. The Bertz CT molecular complexity index is 902. The Morgan fingerprint density at radius 3 is 2.37 bits per heavy atom. The van der Waals surface area contributed by atoms with Crippen LogP contribution in [0.3, 0.4) is 0 Å². The van der Waals surface area contributed by atoms with Gasteiger partial charge in [0.15, 0.2) is 6.61 Å². The number of rotatable bonds is 9. The summed E-state index contributed by atoms with van der Waals surface area (Å²) in [4.78, 5) is 25.6. The number of esters is 1. The van der Waals surface area contributed by atoms with Crippen LogP contribution in [0.25, 0.3) is 0 Å². The van der Waals surface area contributed by atoms with E-state index in [1.54, 1.807) is 13.0 Å². The molecule has 0 amide bonds. The first-order valence-electron chi connectivity index (χ1n) is 8.11. The van der Waals surface area contributed by atoms with Gasteiger partial charge >= 0.3 is 5.97 Å². The first kappa shape index (κ1) is 21.2. The van der Waals surface area contributed by atoms with Gasteiger partial charge in [0.25, 0.3) is 0 Å². The number of thiophene rings is 1. The third-order valence-electron chi connectivity index (χ3n) is 3.52. The second-order valence-corrected chi connectivity index (χ2v) is 8.91. The SMILES string of the molecule is COC[C@@H](C)NS(=O)(=O)c1ccc(C(=O)OCC(=O)c2ccc(C)s2)cc1. The Hall–Kier alpha value is -2.07. The van der Waals surface area contributed by atoms with Crippen LogP contribution in [-0.2, 0) is 19.5 Å². The van der Waals surface area contributed by atoms with Gasteiger partial charge < -0.3 is 9.47 Å². The fourth-order valence-corrected chi connectivity index (χ4v) is 4.28. The zero-order valence-electron chi connectivity index (χ0n) is 15.2. The number of ketones is 1. The molecule has 27 heavy (non-hydrogen) atoms. The molecule has 0 spiro atoms. The Morgan fingerprint density at radius 1 is 1.15 bits per heavy atom. The van der Waals surface area contributed by atoms with Crippen LogP contribution in [-0.4, -0.2) is 46.5 Å². The molecule has 1 atom stereocenters. The highest BCUT2D eigenvalue weighted by molar-refractivity contribution is 7.89. The standard InChI is InChI=1S/C18H21NO6S2/c1-12(10-24-3)19-27(22,23)15-7-5-14(6-8-15)18(21)25-11-16(20)17-9-4-13(2)26-17/h4-9,12,19H,10-11H2,1-3H3/t12-/m1/s1. The quantitative estimate of drug-likeness (QED) is 0.503. The van der Waals surface area contributed by atoms with Crippen molar-refractivity contribution in [1.82, 2.24) is 4.72 Å². The molecule has 1 aromatic heterocycles. The van der Waals surface area contributed by atoms with Gasteiger partial charge in [-0.15, -0.1) is 11.3 Å². The normalized spacial score (nSPS) is 12.6. The number of carbonyl (C=O) groups is 2. The minimum absolute atomic E-state index is 0.0205. The Morgan fingerprint density at radius 2 is 1.81 bits per heavy atom. The summed E-state index contributed by atoms with van der Waals surface area (Å²) in [6, 6.07) is 8.42. The third-order valence-corrected chi connectivity index (χ3v) is 6.17. The van der Waals surface area contributed by atoms with E-state index in [0.717, 1.165) is 4.88 Å². The van der Waals surface area contributed by atoms with Crippen molar-refractivity contribution < 1.29 is 27.5 Å². The topological polar surface area (TPSA) is 98.8 Å². The zero-order chi connectivity index (χ0) is 20.0. The molecule has 0 bridgehead atoms. The predicted octanol–water partition coefficient (Wildman–Crippen LogP) is 2.41. The van der Waals surface area contributed by atoms with Crippen molar-refractivity contribution in [3.8, 4) is 0 Å². The van der Waals surface area contributed by atoms with Gasteiger partial charge in [-0.3, -0.25) is 4.79 Å². The van der Waals surface area contributed by atoms with Crippen molar-refractivity contribution in [2.75, 3.05) is 20.3 Å². The highest BCUT2D eigenvalue weighted by Crippen LogP contribution is 2.16. The summed E-state index contributed by atoms with van der Waals surface area (Å²) in [5.74, 6) is -0.974. The lowest BCUT2D eigenvalue weighted by Gasteiger charge is -2.13. The number of benzene rings is 1. The summed E-state index contributed by atoms with van der Waals surface area (Å²) in [5, 5.41) is 0. The number of carbonyl (C=O) groups excluding carboxylic acids is 2. The van der Waals surface area contributed by atoms with Gasteiger partial charge in [-0.2, -0.15) is 0 Å². The van der Waals surface area contributed by atoms with Crippen LogP contribution in [0.1, 0.15) is 31.8 Å². The summed E-state index contributed by atoms with van der Waals surface area (Å²) >= 11 is 1.33. The summed E-state index contributed by atoms with van der Waals surface area (Å²) < 4.78 is 36.9. The van der Waals surface area contributed by atoms with Gasteiger partial charge in [0.05, 0.1) is 21.9 Å². The number of aryl methyl sites for hydroxylation is 1. The Balaban J connectivity index is 1.97. The second kappa shape index (κ2) is 9.23. The Kier molecular flexibility index (Phi) is 7.25. The van der Waals surface area contributed by atoms with Gasteiger partial charge in [-0.25, -0.2) is 17.9 Å². The zero-order valence-corrected chi connectivity index (χ0v) is 16.9. The number of ether oxygens (including phenoxy) is 2. The lowest BCUT2D eigenvalue weighted by atomic mass is 10.2. The first-order valence-corrected chi connectivity index (χ1v) is 10.4. The third kappa shape index (κ3) is 5.96. The number of hydrogen-bond acceptors (Lipinski definition) is 7. The highest BCUT2D eigenvalue weighted by atomic mass is 32.2. The molecule has 0 aliphatic heterocycles. The second-order valence-electron chi connectivity index (χ2n) is 5.91. The van der Waals surface area contributed by atoms with E-state index >= 15 is 0 Å². The van der Waals surface area contributed by atoms with Gasteiger partial charge in [-0.1, -0.05) is 0 Å². The van der Waals surface area contributed by atoms with Gasteiger partial charge in [0.2, 0.25) is 15.8 Å². The van der Waals surface area contributed by atoms with Crippen molar-refractivity contribution in [2.24, 2.45) is 0 Å². The van der Waals surface area contributed by atoms with Crippen LogP contribution >= 0.6 is 11.3 Å². The van der Waals surface area contributed by atoms with E-state index in [2.05, 4.69) is 4.72 Å². The summed E-state index contributed by atoms with van der Waals surface area (Å²) in [6.45, 7) is 3.43. The molecular formula is C18H21NO6S2. The van der Waals surface area contributed by atoms with E-state index in [1.807, 2.05) is 13.0 Å². The largest absolute Gasteiger partial charge is 0.454 e. The number of sulfonamides is 1. The van der Waals surface area contributed by atoms with Crippen LogP contribution in [0.15, 0.2) is 41.3 Å². The molecule has 1 N–H and O–H groups in total. The average molecular weight is 412 g/mol. The lowest BCUT2D eigenvalue weighted by molar-refractivity contribution is 0.0475. The molecule has 0 fully saturated rings. The van der Waals surface area contributed by atoms with Crippen molar-refractivity contribution >= 4 is 33.1 Å². The first-order chi connectivity index (χ1) is 12.7. The molecule has 7 nitrogen and oxygen atoms in total. The molecule has 146 valence electrons. The maximum absolute atomic E-state index is 12.2. The van der Waals surface area contributed by atoms with E-state index in [0.29, 0.717) is 4.88 Å². The van der Waals surface area contributed by atoms with Gasteiger partial charge in [0, 0.05) is 18.0 Å². The Labute approximate surface area is 162 Å². The summed E-state index contributed by atoms with van der Waals surface area (Å²) in [7, 11) is -2.24. The van der Waals surface area contributed by atoms with Crippen molar-refractivity contribution in [1.29, 1.82) is 0 Å². The average Bonchev–Trinajstić information content (AvgIpc) is 3.05. The molecule has 0 aliphatic carbocycles. The van der Waals surface area contributed by atoms with Crippen molar-refractivity contribution in [3.63, 3.8) is 0 Å². The van der Waals surface area contributed by atoms with Crippen LogP contribution < -0.4 is 4.72 Å². The van der Waals surface area contributed by atoms with E-state index in [4.69, 9.17) is 9.47 Å². The summed E-state index contributed by atoms with van der Waals surface area (Å²) in [6.07, 6.45) is 0. The van der Waals surface area contributed by atoms with E-state index in [-0.39, 0.29) is 29.5 Å². The molecule has 0 aliphatic rings. The molecule has 2 aromatic rings. The minimum atomic E-state index is -3.72. The molecule has 0 saturated carbocycles. The van der Waals surface area contributed by atoms with E-state index < -0.39 is 22.0 Å². The van der Waals surface area contributed by atoms with Crippen LogP contribution in [0, 0.1) is 6.92 Å². The molecule has 0 radical (unpaired) electrons. The fraction of sp³-hybridized carbons (Fsp3) is 0.333. The van der Waals surface area contributed by atoms with Crippen LogP contribution in [0.5, 0.6) is 0 Å². The van der Waals surface area contributed by atoms with Crippen molar-refractivity contribution in [2.45, 2.75) is 24.8 Å². The van der Waals surface area contributed by atoms with Crippen molar-refractivity contribution in [3.05, 3.63) is 51.7 Å². The molecule has 2 rings (SSSR count). The number of nitrogens with one attached hydrogen (secondary N) is 1. The molecule has 0 saturated heterocycles. The summed E-state index contributed by atoms with van der Waals surface area (Å²) in [5.41, 5.74) is 0.161. The highest BCUT2D eigenvalue weighted by Gasteiger charge is 2.19. The van der Waals surface area contributed by atoms with Crippen LogP contribution in [0.4, 0.5) is 0 Å². The fourth-order valence-electron chi connectivity index (χ4n) is 2.26. The maximum atomic E-state index is 12.2. The predicted molar refractivity (Wildman–Crippen MR) is 102 cm³/mol. The monoisotopic (exact) mass is 411 g/mol. The minimum Gasteiger partial charge on any atom is -0.454 e. The maximum Gasteiger partial charge on any atom is 0.338 e. The molecular weight excluding hydrogens is 390 g/mol. The van der Waals surface area contributed by atoms with E-state index in [9.17, 15) is 18.0 Å². The van der Waals surface area contributed by atoms with Crippen LogP contribution in [0.2, 0.25) is 0 Å². The molecule has 9 heteroatoms. The number of hydrogen-bond donors (Lipinski definition) is 1. The molecule has 0 unspecified atom stereocenters. The van der Waals surface area contributed by atoms with Gasteiger partial charge in [-0.05, 0) is 50.2 Å². The van der Waals surface area contributed by atoms with Gasteiger partial charge in [0.1, 0.15) is 0 Å². The number of methoxy groups -OCH3 is 1. The lowest BCUT2D eigenvalue weighted by Crippen LogP contribution is -2.35. The van der Waals surface area contributed by atoms with E-state index in [1.165, 1.54) is 42.7 Å². The number of Topliss-reactive ketones (excluding diaryl/α,β-unsaturated/α-hetero) is 1.